The lowest BCUT2D eigenvalue weighted by molar-refractivity contribution is -0.117. The molecule has 1 heterocycles. The van der Waals surface area contributed by atoms with E-state index in [1.54, 1.807) is 31.4 Å². The molecule has 0 aliphatic carbocycles. The van der Waals surface area contributed by atoms with E-state index in [-0.39, 0.29) is 17.9 Å². The lowest BCUT2D eigenvalue weighted by atomic mass is 9.79. The lowest BCUT2D eigenvalue weighted by Crippen LogP contribution is -2.35. The molecule has 1 atom stereocenters. The van der Waals surface area contributed by atoms with Crippen molar-refractivity contribution in [1.29, 1.82) is 0 Å². The van der Waals surface area contributed by atoms with E-state index >= 15 is 0 Å². The van der Waals surface area contributed by atoms with E-state index < -0.39 is 0 Å². The highest BCUT2D eigenvalue weighted by molar-refractivity contribution is 6.31. The number of rotatable bonds is 7. The number of anilines is 1. The van der Waals surface area contributed by atoms with Crippen LogP contribution in [0.3, 0.4) is 0 Å². The maximum atomic E-state index is 12.5. The first-order valence-electron chi connectivity index (χ1n) is 9.04. The molecule has 0 fully saturated rings. The smallest absolute Gasteiger partial charge is 0.245 e. The van der Waals surface area contributed by atoms with Gasteiger partial charge in [-0.2, -0.15) is 5.10 Å². The Morgan fingerprint density at radius 1 is 1.14 bits per heavy atom. The molecule has 5 nitrogen and oxygen atoms in total. The maximum Gasteiger partial charge on any atom is 0.245 e. The van der Waals surface area contributed by atoms with Gasteiger partial charge in [-0.1, -0.05) is 42.3 Å². The minimum atomic E-state index is -0.218. The van der Waals surface area contributed by atoms with E-state index in [0.717, 1.165) is 17.7 Å². The number of carbonyl (C=O) groups excluding carboxylic acids is 1. The van der Waals surface area contributed by atoms with E-state index in [2.05, 4.69) is 12.2 Å². The van der Waals surface area contributed by atoms with Crippen LogP contribution < -0.4 is 5.32 Å². The van der Waals surface area contributed by atoms with Crippen molar-refractivity contribution < 1.29 is 9.53 Å². The zero-order chi connectivity index (χ0) is 20.1. The van der Waals surface area contributed by atoms with Gasteiger partial charge < -0.3 is 10.1 Å². The Kier molecular flexibility index (Phi) is 6.60. The van der Waals surface area contributed by atoms with Gasteiger partial charge in [0, 0.05) is 41.4 Å². The molecule has 2 aromatic carbocycles. The predicted molar refractivity (Wildman–Crippen MR) is 114 cm³/mol. The molecule has 0 aromatic heterocycles. The molecular weight excluding hydrogens is 397 g/mol. The summed E-state index contributed by atoms with van der Waals surface area (Å²) in [5, 5.41) is 10.8. The molecule has 28 heavy (non-hydrogen) atoms. The highest BCUT2D eigenvalue weighted by atomic mass is 35.5. The SMILES string of the molecule is COCCC1(C)CN(CC(=O)Nc2ccc(Cl)cc2)N=C1c1ccc(Cl)cc1. The number of ether oxygens (including phenoxy) is 1. The first-order valence-corrected chi connectivity index (χ1v) is 9.79. The van der Waals surface area contributed by atoms with Crippen molar-refractivity contribution in [2.45, 2.75) is 13.3 Å². The first kappa shape index (κ1) is 20.6. The number of hydrogen-bond acceptors (Lipinski definition) is 4. The van der Waals surface area contributed by atoms with Gasteiger partial charge in [-0.25, -0.2) is 0 Å². The first-order chi connectivity index (χ1) is 13.4. The van der Waals surface area contributed by atoms with Crippen molar-refractivity contribution in [3.8, 4) is 0 Å². The molecule has 0 spiro atoms. The Labute approximate surface area is 175 Å². The minimum absolute atomic E-state index is 0.127. The van der Waals surface area contributed by atoms with E-state index in [4.69, 9.17) is 33.0 Å². The van der Waals surface area contributed by atoms with Crippen LogP contribution in [0.5, 0.6) is 0 Å². The summed E-state index contributed by atoms with van der Waals surface area (Å²) >= 11 is 11.9. The number of nitrogens with zero attached hydrogens (tertiary/aromatic N) is 2. The summed E-state index contributed by atoms with van der Waals surface area (Å²) in [6, 6.07) is 14.7. The lowest BCUT2D eigenvalue weighted by Gasteiger charge is -2.26. The fraction of sp³-hybridized carbons (Fsp3) is 0.333. The van der Waals surface area contributed by atoms with Crippen LogP contribution >= 0.6 is 23.2 Å². The second-order valence-electron chi connectivity index (χ2n) is 7.14. The normalized spacial score (nSPS) is 18.9. The van der Waals surface area contributed by atoms with Gasteiger partial charge in [-0.05, 0) is 48.4 Å². The van der Waals surface area contributed by atoms with E-state index in [1.807, 2.05) is 29.3 Å². The molecule has 3 rings (SSSR count). The van der Waals surface area contributed by atoms with Gasteiger partial charge in [0.15, 0.2) is 0 Å². The highest BCUT2D eigenvalue weighted by Gasteiger charge is 2.39. The predicted octanol–water partition coefficient (Wildman–Crippen LogP) is 4.69. The zero-order valence-electron chi connectivity index (χ0n) is 15.9. The van der Waals surface area contributed by atoms with Crippen LogP contribution in [-0.2, 0) is 9.53 Å². The minimum Gasteiger partial charge on any atom is -0.385 e. The third kappa shape index (κ3) is 5.04. The van der Waals surface area contributed by atoms with Gasteiger partial charge >= 0.3 is 0 Å². The number of benzene rings is 2. The Morgan fingerprint density at radius 3 is 2.36 bits per heavy atom. The summed E-state index contributed by atoms with van der Waals surface area (Å²) in [7, 11) is 1.69. The quantitative estimate of drug-likeness (QED) is 0.707. The average Bonchev–Trinajstić information content (AvgIpc) is 2.99. The molecule has 1 N–H and O–H groups in total. The van der Waals surface area contributed by atoms with Crippen LogP contribution in [-0.4, -0.2) is 43.4 Å². The van der Waals surface area contributed by atoms with Crippen LogP contribution in [0.15, 0.2) is 53.6 Å². The molecule has 0 saturated carbocycles. The summed E-state index contributed by atoms with van der Waals surface area (Å²) < 4.78 is 5.29. The molecule has 148 valence electrons. The van der Waals surface area contributed by atoms with Gasteiger partial charge in [0.05, 0.1) is 5.71 Å². The molecule has 1 unspecified atom stereocenters. The molecule has 0 radical (unpaired) electrons. The summed E-state index contributed by atoms with van der Waals surface area (Å²) in [5.74, 6) is -0.127. The van der Waals surface area contributed by atoms with Crippen LogP contribution in [0.2, 0.25) is 10.0 Å². The van der Waals surface area contributed by atoms with E-state index in [9.17, 15) is 4.79 Å². The molecule has 1 aliphatic rings. The number of hydrogen-bond donors (Lipinski definition) is 1. The van der Waals surface area contributed by atoms with Gasteiger partial charge in [-0.3, -0.25) is 9.80 Å². The topological polar surface area (TPSA) is 53.9 Å². The van der Waals surface area contributed by atoms with Crippen molar-refractivity contribution in [3.63, 3.8) is 0 Å². The molecule has 1 amide bonds. The molecule has 2 aromatic rings. The third-order valence-electron chi connectivity index (χ3n) is 4.77. The number of halogens is 2. The number of nitrogens with one attached hydrogen (secondary N) is 1. The van der Waals surface area contributed by atoms with Gasteiger partial charge in [0.25, 0.3) is 0 Å². The maximum absolute atomic E-state index is 12.5. The fourth-order valence-electron chi connectivity index (χ4n) is 3.30. The summed E-state index contributed by atoms with van der Waals surface area (Å²) in [5.41, 5.74) is 2.44. The number of amides is 1. The molecule has 1 aliphatic heterocycles. The highest BCUT2D eigenvalue weighted by Crippen LogP contribution is 2.34. The Hall–Kier alpha value is -2.08. The largest absolute Gasteiger partial charge is 0.385 e. The van der Waals surface area contributed by atoms with Crippen LogP contribution in [0.4, 0.5) is 5.69 Å². The van der Waals surface area contributed by atoms with Crippen LogP contribution in [0, 0.1) is 5.41 Å². The van der Waals surface area contributed by atoms with Gasteiger partial charge in [0.1, 0.15) is 6.54 Å². The van der Waals surface area contributed by atoms with Crippen molar-refractivity contribution >= 4 is 40.5 Å². The van der Waals surface area contributed by atoms with Gasteiger partial charge in [-0.15, -0.1) is 0 Å². The number of carbonyl (C=O) groups is 1. The van der Waals surface area contributed by atoms with Crippen molar-refractivity contribution in [1.82, 2.24) is 5.01 Å². The third-order valence-corrected chi connectivity index (χ3v) is 5.28. The van der Waals surface area contributed by atoms with Crippen molar-refractivity contribution in [2.24, 2.45) is 10.5 Å². The average molecular weight is 420 g/mol. The van der Waals surface area contributed by atoms with Crippen LogP contribution in [0.25, 0.3) is 0 Å². The number of methoxy groups -OCH3 is 1. The van der Waals surface area contributed by atoms with Gasteiger partial charge in [0.2, 0.25) is 5.91 Å². The molecule has 7 heteroatoms. The second kappa shape index (κ2) is 8.95. The summed E-state index contributed by atoms with van der Waals surface area (Å²) in [6.07, 6.45) is 0.806. The second-order valence-corrected chi connectivity index (χ2v) is 8.01. The number of hydrazone groups is 1. The van der Waals surface area contributed by atoms with Crippen molar-refractivity contribution in [2.75, 3.05) is 32.1 Å². The molecular formula is C21H23Cl2N3O2. The van der Waals surface area contributed by atoms with E-state index in [1.165, 1.54) is 0 Å². The van der Waals surface area contributed by atoms with Crippen molar-refractivity contribution in [3.05, 3.63) is 64.1 Å². The fourth-order valence-corrected chi connectivity index (χ4v) is 3.56. The summed E-state index contributed by atoms with van der Waals surface area (Å²) in [6.45, 7) is 3.58. The molecule has 0 bridgehead atoms. The van der Waals surface area contributed by atoms with Crippen LogP contribution in [0.1, 0.15) is 18.9 Å². The monoisotopic (exact) mass is 419 g/mol. The Morgan fingerprint density at radius 2 is 1.75 bits per heavy atom. The van der Waals surface area contributed by atoms with E-state index in [0.29, 0.717) is 28.9 Å². The summed E-state index contributed by atoms with van der Waals surface area (Å²) in [4.78, 5) is 12.5. The molecule has 0 saturated heterocycles. The standard InChI is InChI=1S/C21H23Cl2N3O2/c1-21(11-12-28-2)14-26(25-20(21)15-3-5-16(22)6-4-15)13-19(27)24-18-9-7-17(23)8-10-18/h3-10H,11-14H2,1-2H3,(H,24,27). The Bertz CT molecular complexity index is 853. The zero-order valence-corrected chi connectivity index (χ0v) is 17.4. The Balaban J connectivity index is 1.74.